The van der Waals surface area contributed by atoms with E-state index < -0.39 is 0 Å². The Morgan fingerprint density at radius 1 is 0.931 bits per heavy atom. The molecule has 1 heterocycles. The van der Waals surface area contributed by atoms with Gasteiger partial charge in [0.2, 0.25) is 0 Å². The smallest absolute Gasteiger partial charge is 0.132 e. The number of para-hydroxylation sites is 1. The molecule has 1 aromatic heterocycles. The summed E-state index contributed by atoms with van der Waals surface area (Å²) >= 11 is 0. The van der Waals surface area contributed by atoms with Gasteiger partial charge in [-0.25, -0.2) is 9.07 Å². The number of rotatable bonds is 8. The molecule has 0 radical (unpaired) electrons. The molecule has 4 nitrogen and oxygen atoms in total. The molecule has 0 saturated heterocycles. The second kappa shape index (κ2) is 8.97. The zero-order chi connectivity index (χ0) is 20.1. The molecule has 0 aliphatic heterocycles. The number of aromatic nitrogens is 3. The highest BCUT2D eigenvalue weighted by Gasteiger charge is 2.25. The second-order valence-electron chi connectivity index (χ2n) is 7.26. The van der Waals surface area contributed by atoms with Gasteiger partial charge in [0.1, 0.15) is 17.5 Å². The van der Waals surface area contributed by atoms with E-state index in [-0.39, 0.29) is 12.0 Å². The fourth-order valence-electron chi connectivity index (χ4n) is 3.67. The summed E-state index contributed by atoms with van der Waals surface area (Å²) in [7, 11) is 0. The van der Waals surface area contributed by atoms with Crippen LogP contribution in [0.3, 0.4) is 0 Å². The Labute approximate surface area is 170 Å². The SMILES string of the molecule is CCCCN(Cc1ccc(F)cc1)C(c1ccccc1)n1nnc2ccccc21. The van der Waals surface area contributed by atoms with Crippen molar-refractivity contribution in [1.82, 2.24) is 19.9 Å². The van der Waals surface area contributed by atoms with Crippen LogP contribution >= 0.6 is 0 Å². The minimum Gasteiger partial charge on any atom is -0.274 e. The van der Waals surface area contributed by atoms with Crippen molar-refractivity contribution in [2.45, 2.75) is 32.5 Å². The Hall–Kier alpha value is -3.05. The van der Waals surface area contributed by atoms with Crippen LogP contribution in [0, 0.1) is 5.82 Å². The van der Waals surface area contributed by atoms with Crippen LogP contribution in [0.1, 0.15) is 37.1 Å². The summed E-state index contributed by atoms with van der Waals surface area (Å²) < 4.78 is 15.4. The quantitative estimate of drug-likeness (QED) is 0.404. The lowest BCUT2D eigenvalue weighted by molar-refractivity contribution is 0.150. The number of unbranched alkanes of at least 4 members (excludes halogenated alkanes) is 1. The Bertz CT molecular complexity index is 1040. The molecule has 4 aromatic rings. The third-order valence-corrected chi connectivity index (χ3v) is 5.15. The van der Waals surface area contributed by atoms with Crippen molar-refractivity contribution in [3.63, 3.8) is 0 Å². The zero-order valence-corrected chi connectivity index (χ0v) is 16.6. The number of benzene rings is 3. The summed E-state index contributed by atoms with van der Waals surface area (Å²) in [5.74, 6) is -0.212. The lowest BCUT2D eigenvalue weighted by atomic mass is 10.1. The first-order chi connectivity index (χ1) is 14.3. The van der Waals surface area contributed by atoms with Crippen LogP contribution in [0.25, 0.3) is 11.0 Å². The van der Waals surface area contributed by atoms with E-state index in [0.717, 1.165) is 41.5 Å². The maximum Gasteiger partial charge on any atom is 0.132 e. The molecular weight excluding hydrogens is 363 g/mol. The predicted octanol–water partition coefficient (Wildman–Crippen LogP) is 5.42. The molecule has 1 atom stereocenters. The Morgan fingerprint density at radius 3 is 2.41 bits per heavy atom. The van der Waals surface area contributed by atoms with Gasteiger partial charge in [0, 0.05) is 13.1 Å². The molecule has 0 spiro atoms. The number of fused-ring (bicyclic) bond motifs is 1. The standard InChI is InChI=1S/C24H25FN4/c1-2-3-17-28(18-19-13-15-21(25)16-14-19)24(20-9-5-4-6-10-20)29-23-12-8-7-11-22(23)26-27-29/h4-16,24H,2-3,17-18H2,1H3. The van der Waals surface area contributed by atoms with Crippen LogP contribution in [-0.4, -0.2) is 26.4 Å². The van der Waals surface area contributed by atoms with E-state index in [4.69, 9.17) is 0 Å². The molecule has 0 saturated carbocycles. The van der Waals surface area contributed by atoms with E-state index in [9.17, 15) is 4.39 Å². The van der Waals surface area contributed by atoms with E-state index >= 15 is 0 Å². The van der Waals surface area contributed by atoms with E-state index in [1.54, 1.807) is 0 Å². The molecular formula is C24H25FN4. The van der Waals surface area contributed by atoms with Gasteiger partial charge in [-0.1, -0.05) is 73.2 Å². The third-order valence-electron chi connectivity index (χ3n) is 5.15. The fraction of sp³-hybridized carbons (Fsp3) is 0.250. The Morgan fingerprint density at radius 2 is 1.66 bits per heavy atom. The molecule has 1 unspecified atom stereocenters. The Kier molecular flexibility index (Phi) is 5.96. The van der Waals surface area contributed by atoms with E-state index in [1.165, 1.54) is 12.1 Å². The molecule has 0 aliphatic carbocycles. The fourth-order valence-corrected chi connectivity index (χ4v) is 3.67. The number of hydrogen-bond acceptors (Lipinski definition) is 3. The molecule has 29 heavy (non-hydrogen) atoms. The van der Waals surface area contributed by atoms with Crippen molar-refractivity contribution in [2.75, 3.05) is 6.54 Å². The molecule has 0 aliphatic rings. The maximum atomic E-state index is 13.4. The molecule has 0 N–H and O–H groups in total. The van der Waals surface area contributed by atoms with Crippen molar-refractivity contribution >= 4 is 11.0 Å². The van der Waals surface area contributed by atoms with Crippen LogP contribution in [0.5, 0.6) is 0 Å². The molecule has 3 aromatic carbocycles. The van der Waals surface area contributed by atoms with Gasteiger partial charge >= 0.3 is 0 Å². The highest BCUT2D eigenvalue weighted by Crippen LogP contribution is 2.28. The van der Waals surface area contributed by atoms with Gasteiger partial charge in [0.05, 0.1) is 5.52 Å². The highest BCUT2D eigenvalue weighted by atomic mass is 19.1. The summed E-state index contributed by atoms with van der Waals surface area (Å²) in [4.78, 5) is 2.40. The second-order valence-corrected chi connectivity index (χ2v) is 7.26. The lowest BCUT2D eigenvalue weighted by Gasteiger charge is -2.32. The van der Waals surface area contributed by atoms with Gasteiger partial charge in [0.25, 0.3) is 0 Å². The summed E-state index contributed by atoms with van der Waals surface area (Å²) in [6, 6.07) is 25.2. The summed E-state index contributed by atoms with van der Waals surface area (Å²) in [5.41, 5.74) is 4.11. The molecule has 0 bridgehead atoms. The molecule has 4 rings (SSSR count). The normalized spacial score (nSPS) is 12.5. The van der Waals surface area contributed by atoms with Gasteiger partial charge < -0.3 is 0 Å². The molecule has 0 amide bonds. The van der Waals surface area contributed by atoms with Crippen molar-refractivity contribution < 1.29 is 4.39 Å². The highest BCUT2D eigenvalue weighted by molar-refractivity contribution is 5.74. The minimum absolute atomic E-state index is 0.0970. The van der Waals surface area contributed by atoms with Crippen molar-refractivity contribution in [3.8, 4) is 0 Å². The number of hydrogen-bond donors (Lipinski definition) is 0. The van der Waals surface area contributed by atoms with Crippen LogP contribution in [0.15, 0.2) is 78.9 Å². The molecule has 5 heteroatoms. The van der Waals surface area contributed by atoms with Crippen LogP contribution < -0.4 is 0 Å². The van der Waals surface area contributed by atoms with E-state index in [0.29, 0.717) is 6.54 Å². The average Bonchev–Trinajstić information content (AvgIpc) is 3.18. The third kappa shape index (κ3) is 4.35. The molecule has 0 fully saturated rings. The number of halogens is 1. The predicted molar refractivity (Wildman–Crippen MR) is 114 cm³/mol. The topological polar surface area (TPSA) is 34.0 Å². The summed E-state index contributed by atoms with van der Waals surface area (Å²) in [6.45, 7) is 3.80. The first-order valence-electron chi connectivity index (χ1n) is 10.1. The maximum absolute atomic E-state index is 13.4. The van der Waals surface area contributed by atoms with Crippen LogP contribution in [0.4, 0.5) is 4.39 Å². The lowest BCUT2D eigenvalue weighted by Crippen LogP contribution is -2.34. The van der Waals surface area contributed by atoms with E-state index in [1.807, 2.05) is 41.1 Å². The first kappa shape index (κ1) is 19.3. The number of nitrogens with zero attached hydrogens (tertiary/aromatic N) is 4. The van der Waals surface area contributed by atoms with Crippen LogP contribution in [0.2, 0.25) is 0 Å². The van der Waals surface area contributed by atoms with Crippen molar-refractivity contribution in [2.24, 2.45) is 0 Å². The average molecular weight is 388 g/mol. The van der Waals surface area contributed by atoms with Gasteiger partial charge in [0.15, 0.2) is 0 Å². The van der Waals surface area contributed by atoms with Gasteiger partial charge in [-0.15, -0.1) is 5.10 Å². The largest absolute Gasteiger partial charge is 0.274 e. The van der Waals surface area contributed by atoms with Gasteiger partial charge in [-0.2, -0.15) is 0 Å². The van der Waals surface area contributed by atoms with Gasteiger partial charge in [-0.3, -0.25) is 4.90 Å². The van der Waals surface area contributed by atoms with Crippen molar-refractivity contribution in [3.05, 3.63) is 95.8 Å². The minimum atomic E-state index is -0.212. The van der Waals surface area contributed by atoms with Crippen molar-refractivity contribution in [1.29, 1.82) is 0 Å². The van der Waals surface area contributed by atoms with E-state index in [2.05, 4.69) is 52.5 Å². The molecule has 148 valence electrons. The monoisotopic (exact) mass is 388 g/mol. The zero-order valence-electron chi connectivity index (χ0n) is 16.6. The van der Waals surface area contributed by atoms with Crippen LogP contribution in [-0.2, 0) is 6.54 Å². The Balaban J connectivity index is 1.78. The summed E-state index contributed by atoms with van der Waals surface area (Å²) in [5, 5.41) is 8.90. The van der Waals surface area contributed by atoms with Gasteiger partial charge in [-0.05, 0) is 41.8 Å². The first-order valence-corrected chi connectivity index (χ1v) is 10.1. The summed E-state index contributed by atoms with van der Waals surface area (Å²) in [6.07, 6.45) is 2.07.